The van der Waals surface area contributed by atoms with Gasteiger partial charge in [-0.2, -0.15) is 4.31 Å². The Bertz CT molecular complexity index is 866. The van der Waals surface area contributed by atoms with Crippen molar-refractivity contribution in [1.82, 2.24) is 9.21 Å². The Morgan fingerprint density at radius 2 is 1.35 bits per heavy atom. The minimum atomic E-state index is -3.37. The average molecular weight is 372 g/mol. The summed E-state index contributed by atoms with van der Waals surface area (Å²) in [7, 11) is -3.37. The molecular weight excluding hydrogens is 348 g/mol. The highest BCUT2D eigenvalue weighted by Crippen LogP contribution is 2.16. The van der Waals surface area contributed by atoms with E-state index in [1.165, 1.54) is 4.31 Å². The van der Waals surface area contributed by atoms with Crippen molar-refractivity contribution in [1.29, 1.82) is 0 Å². The predicted octanol–water partition coefficient (Wildman–Crippen LogP) is 2.59. The van der Waals surface area contributed by atoms with Gasteiger partial charge in [0.05, 0.1) is 5.75 Å². The molecule has 3 rings (SSSR count). The van der Waals surface area contributed by atoms with E-state index in [1.54, 1.807) is 4.90 Å². The largest absolute Gasteiger partial charge is 0.336 e. The second kappa shape index (κ2) is 7.60. The Labute approximate surface area is 155 Å². The molecular formula is C20H24N2O3S. The highest BCUT2D eigenvalue weighted by molar-refractivity contribution is 7.88. The van der Waals surface area contributed by atoms with Crippen molar-refractivity contribution in [3.63, 3.8) is 0 Å². The molecule has 26 heavy (non-hydrogen) atoms. The Balaban J connectivity index is 1.61. The minimum Gasteiger partial charge on any atom is -0.336 e. The highest BCUT2D eigenvalue weighted by Gasteiger charge is 2.29. The first-order valence-electron chi connectivity index (χ1n) is 8.74. The fourth-order valence-electron chi connectivity index (χ4n) is 3.03. The first-order chi connectivity index (χ1) is 12.3. The van der Waals surface area contributed by atoms with E-state index in [1.807, 2.05) is 62.4 Å². The molecule has 1 aliphatic rings. The van der Waals surface area contributed by atoms with Gasteiger partial charge in [-0.1, -0.05) is 47.5 Å². The van der Waals surface area contributed by atoms with Crippen LogP contribution in [0.1, 0.15) is 27.0 Å². The van der Waals surface area contributed by atoms with Crippen LogP contribution in [0, 0.1) is 13.8 Å². The summed E-state index contributed by atoms with van der Waals surface area (Å²) in [6.07, 6.45) is 0. The first-order valence-corrected chi connectivity index (χ1v) is 10.4. The van der Waals surface area contributed by atoms with Crippen molar-refractivity contribution in [2.75, 3.05) is 26.2 Å². The van der Waals surface area contributed by atoms with Crippen LogP contribution in [0.4, 0.5) is 0 Å². The lowest BCUT2D eigenvalue weighted by Gasteiger charge is -2.34. The third-order valence-electron chi connectivity index (χ3n) is 4.69. The third kappa shape index (κ3) is 4.31. The van der Waals surface area contributed by atoms with Gasteiger partial charge in [-0.15, -0.1) is 0 Å². The maximum atomic E-state index is 12.6. The van der Waals surface area contributed by atoms with Gasteiger partial charge in [0.25, 0.3) is 5.91 Å². The normalized spacial score (nSPS) is 15.8. The van der Waals surface area contributed by atoms with Gasteiger partial charge in [0.15, 0.2) is 0 Å². The Kier molecular flexibility index (Phi) is 5.44. The van der Waals surface area contributed by atoms with Crippen molar-refractivity contribution in [3.05, 3.63) is 70.8 Å². The number of benzene rings is 2. The molecule has 0 spiro atoms. The maximum absolute atomic E-state index is 12.6. The number of carbonyl (C=O) groups is 1. The molecule has 0 radical (unpaired) electrons. The fraction of sp³-hybridized carbons (Fsp3) is 0.350. The number of hydrogen-bond donors (Lipinski definition) is 0. The monoisotopic (exact) mass is 372 g/mol. The van der Waals surface area contributed by atoms with Gasteiger partial charge in [0.1, 0.15) is 0 Å². The van der Waals surface area contributed by atoms with E-state index in [-0.39, 0.29) is 11.7 Å². The zero-order chi connectivity index (χ0) is 18.7. The van der Waals surface area contributed by atoms with Crippen LogP contribution in [0.2, 0.25) is 0 Å². The highest BCUT2D eigenvalue weighted by atomic mass is 32.2. The van der Waals surface area contributed by atoms with Crippen molar-refractivity contribution in [3.8, 4) is 0 Å². The number of rotatable bonds is 4. The number of aryl methyl sites for hydroxylation is 2. The summed E-state index contributed by atoms with van der Waals surface area (Å²) in [4.78, 5) is 14.3. The zero-order valence-corrected chi connectivity index (χ0v) is 16.0. The number of sulfonamides is 1. The van der Waals surface area contributed by atoms with Crippen LogP contribution in [-0.4, -0.2) is 49.7 Å². The number of carbonyl (C=O) groups excluding carboxylic acids is 1. The van der Waals surface area contributed by atoms with E-state index in [0.29, 0.717) is 31.7 Å². The van der Waals surface area contributed by atoms with E-state index in [9.17, 15) is 13.2 Å². The smallest absolute Gasteiger partial charge is 0.253 e. The fourth-order valence-corrected chi connectivity index (χ4v) is 4.55. The van der Waals surface area contributed by atoms with Crippen LogP contribution < -0.4 is 0 Å². The molecule has 1 saturated heterocycles. The zero-order valence-electron chi connectivity index (χ0n) is 15.2. The van der Waals surface area contributed by atoms with Gasteiger partial charge in [0.2, 0.25) is 10.0 Å². The molecule has 0 saturated carbocycles. The molecule has 5 nitrogen and oxygen atoms in total. The molecule has 2 aromatic rings. The Morgan fingerprint density at radius 3 is 1.88 bits per heavy atom. The second-order valence-corrected chi connectivity index (χ2v) is 8.77. The topological polar surface area (TPSA) is 57.7 Å². The van der Waals surface area contributed by atoms with Crippen LogP contribution in [0.25, 0.3) is 0 Å². The average Bonchev–Trinajstić information content (AvgIpc) is 2.64. The van der Waals surface area contributed by atoms with Gasteiger partial charge >= 0.3 is 0 Å². The van der Waals surface area contributed by atoms with E-state index >= 15 is 0 Å². The van der Waals surface area contributed by atoms with Gasteiger partial charge in [0, 0.05) is 31.7 Å². The summed E-state index contributed by atoms with van der Waals surface area (Å²) in [5.41, 5.74) is 3.64. The van der Waals surface area contributed by atoms with Gasteiger partial charge < -0.3 is 4.90 Å². The van der Waals surface area contributed by atoms with Crippen molar-refractivity contribution < 1.29 is 13.2 Å². The third-order valence-corrected chi connectivity index (χ3v) is 6.54. The van der Waals surface area contributed by atoms with E-state index in [0.717, 1.165) is 16.7 Å². The van der Waals surface area contributed by atoms with Crippen molar-refractivity contribution in [2.24, 2.45) is 0 Å². The van der Waals surface area contributed by atoms with Crippen LogP contribution >= 0.6 is 0 Å². The molecule has 6 heteroatoms. The lowest BCUT2D eigenvalue weighted by Crippen LogP contribution is -2.50. The standard InChI is InChI=1S/C20H24N2O3S/c1-16-3-7-18(8-4-16)15-26(24,25)22-13-11-21(12-14-22)20(23)19-9-5-17(2)6-10-19/h3-10H,11-15H2,1-2H3. The summed E-state index contributed by atoms with van der Waals surface area (Å²) >= 11 is 0. The Morgan fingerprint density at radius 1 is 0.846 bits per heavy atom. The lowest BCUT2D eigenvalue weighted by molar-refractivity contribution is 0.0698. The predicted molar refractivity (Wildman–Crippen MR) is 102 cm³/mol. The van der Waals surface area contributed by atoms with E-state index in [2.05, 4.69) is 0 Å². The lowest BCUT2D eigenvalue weighted by atomic mass is 10.1. The molecule has 138 valence electrons. The number of hydrogen-bond acceptors (Lipinski definition) is 3. The molecule has 1 aliphatic heterocycles. The Hall–Kier alpha value is -2.18. The number of amides is 1. The van der Waals surface area contributed by atoms with Crippen LogP contribution in [0.5, 0.6) is 0 Å². The molecule has 0 aromatic heterocycles. The number of nitrogens with zero attached hydrogens (tertiary/aromatic N) is 2. The van der Waals surface area contributed by atoms with Crippen molar-refractivity contribution >= 4 is 15.9 Å². The summed E-state index contributed by atoms with van der Waals surface area (Å²) in [5, 5.41) is 0. The minimum absolute atomic E-state index is 0.000805. The second-order valence-electron chi connectivity index (χ2n) is 6.80. The molecule has 1 heterocycles. The van der Waals surface area contributed by atoms with E-state index in [4.69, 9.17) is 0 Å². The van der Waals surface area contributed by atoms with Gasteiger partial charge in [-0.05, 0) is 31.5 Å². The van der Waals surface area contributed by atoms with Crippen molar-refractivity contribution in [2.45, 2.75) is 19.6 Å². The van der Waals surface area contributed by atoms with Gasteiger partial charge in [-0.25, -0.2) is 8.42 Å². The summed E-state index contributed by atoms with van der Waals surface area (Å²) in [5.74, 6) is -0.0419. The first kappa shape index (κ1) is 18.6. The summed E-state index contributed by atoms with van der Waals surface area (Å²) in [6.45, 7) is 5.46. The molecule has 0 N–H and O–H groups in total. The van der Waals surface area contributed by atoms with Gasteiger partial charge in [-0.3, -0.25) is 4.79 Å². The molecule has 0 atom stereocenters. The van der Waals surface area contributed by atoms with Crippen LogP contribution in [-0.2, 0) is 15.8 Å². The molecule has 2 aromatic carbocycles. The quantitative estimate of drug-likeness (QED) is 0.829. The molecule has 1 amide bonds. The maximum Gasteiger partial charge on any atom is 0.253 e. The van der Waals surface area contributed by atoms with Crippen LogP contribution in [0.15, 0.2) is 48.5 Å². The van der Waals surface area contributed by atoms with Crippen LogP contribution in [0.3, 0.4) is 0 Å². The molecule has 1 fully saturated rings. The summed E-state index contributed by atoms with van der Waals surface area (Å²) < 4.78 is 26.8. The SMILES string of the molecule is Cc1ccc(CS(=O)(=O)N2CCN(C(=O)c3ccc(C)cc3)CC2)cc1. The molecule has 0 bridgehead atoms. The molecule has 0 unspecified atom stereocenters. The van der Waals surface area contributed by atoms with E-state index < -0.39 is 10.0 Å². The number of piperazine rings is 1. The molecule has 0 aliphatic carbocycles. The summed E-state index contributed by atoms with van der Waals surface area (Å²) in [6, 6.07) is 15.0.